The molecule has 0 saturated heterocycles. The first-order valence-electron chi connectivity index (χ1n) is 5.69. The van der Waals surface area contributed by atoms with Gasteiger partial charge >= 0.3 is 6.16 Å². The number of benzene rings is 2. The fraction of sp³-hybridized carbons (Fsp3) is 0. The normalized spacial score (nSPS) is 7.91. The molecule has 0 fully saturated rings. The largest absolute Gasteiger partial charge is 0.508 e. The molecule has 0 spiro atoms. The van der Waals surface area contributed by atoms with Crippen molar-refractivity contribution in [1.82, 2.24) is 0 Å². The molecular weight excluding hydrogens is 288 g/mol. The van der Waals surface area contributed by atoms with Crippen LogP contribution in [-0.4, -0.2) is 26.6 Å². The molecule has 112 valence electrons. The van der Waals surface area contributed by atoms with Crippen LogP contribution in [-0.2, 0) is 0 Å². The van der Waals surface area contributed by atoms with Crippen LogP contribution in [0.5, 0.6) is 11.5 Å². The van der Waals surface area contributed by atoms with Crippen molar-refractivity contribution in [2.45, 2.75) is 0 Å². The Morgan fingerprint density at radius 1 is 0.727 bits per heavy atom. The number of nitriles is 2. The minimum atomic E-state index is -1.83. The predicted molar refractivity (Wildman–Crippen MR) is 76.3 cm³/mol. The highest BCUT2D eigenvalue weighted by Gasteiger charge is 1.87. The van der Waals surface area contributed by atoms with E-state index in [4.69, 9.17) is 35.7 Å². The molecule has 0 aliphatic rings. The maximum Gasteiger partial charge on any atom is 0.503 e. The van der Waals surface area contributed by atoms with E-state index in [0.717, 1.165) is 0 Å². The summed E-state index contributed by atoms with van der Waals surface area (Å²) < 4.78 is 0. The SMILES string of the molecule is N#Cc1ccc(O)cc1.N#Cc1ccc(O)cc1.O=C(O)O. The lowest BCUT2D eigenvalue weighted by Crippen LogP contribution is -1.81. The summed E-state index contributed by atoms with van der Waals surface area (Å²) >= 11 is 0. The molecule has 2 rings (SSSR count). The molecule has 2 aromatic carbocycles. The number of phenols is 2. The number of hydrogen-bond acceptors (Lipinski definition) is 5. The summed E-state index contributed by atoms with van der Waals surface area (Å²) in [6, 6.07) is 16.1. The Morgan fingerprint density at radius 3 is 1.14 bits per heavy atom. The maximum atomic E-state index is 8.74. The maximum absolute atomic E-state index is 8.74. The minimum Gasteiger partial charge on any atom is -0.508 e. The van der Waals surface area contributed by atoms with Crippen molar-refractivity contribution >= 4 is 6.16 Å². The lowest BCUT2D eigenvalue weighted by molar-refractivity contribution is 0.137. The molecule has 0 saturated carbocycles. The van der Waals surface area contributed by atoms with E-state index in [-0.39, 0.29) is 11.5 Å². The number of phenolic OH excluding ortho intramolecular Hbond substituents is 2. The Kier molecular flexibility index (Phi) is 8.42. The van der Waals surface area contributed by atoms with Crippen molar-refractivity contribution in [1.29, 1.82) is 10.5 Å². The molecule has 7 nitrogen and oxygen atoms in total. The lowest BCUT2D eigenvalue weighted by Gasteiger charge is -1.87. The van der Waals surface area contributed by atoms with Gasteiger partial charge in [-0.05, 0) is 48.5 Å². The highest BCUT2D eigenvalue weighted by Crippen LogP contribution is 2.08. The standard InChI is InChI=1S/2C7H5NO.CH2O3/c2*8-5-6-1-3-7(9)4-2-6;2-1(3)4/h2*1-4,9H;(H2,2,3,4). The van der Waals surface area contributed by atoms with Gasteiger partial charge in [0, 0.05) is 0 Å². The molecule has 22 heavy (non-hydrogen) atoms. The summed E-state index contributed by atoms with van der Waals surface area (Å²) in [6.07, 6.45) is -1.83. The number of nitrogens with zero attached hydrogens (tertiary/aromatic N) is 2. The van der Waals surface area contributed by atoms with E-state index in [2.05, 4.69) is 0 Å². The number of carbonyl (C=O) groups is 1. The van der Waals surface area contributed by atoms with Crippen molar-refractivity contribution in [3.63, 3.8) is 0 Å². The molecule has 0 aliphatic heterocycles. The summed E-state index contributed by atoms with van der Waals surface area (Å²) in [5, 5.41) is 48.0. The molecule has 0 heterocycles. The number of carboxylic acid groups (broad SMARTS) is 2. The quantitative estimate of drug-likeness (QED) is 0.585. The van der Waals surface area contributed by atoms with Gasteiger partial charge in [-0.25, -0.2) is 4.79 Å². The second-order valence-corrected chi connectivity index (χ2v) is 3.60. The zero-order valence-electron chi connectivity index (χ0n) is 11.2. The predicted octanol–water partition coefficient (Wildman–Crippen LogP) is 2.75. The van der Waals surface area contributed by atoms with Gasteiger partial charge in [-0.15, -0.1) is 0 Å². The molecule has 2 aromatic rings. The zero-order valence-corrected chi connectivity index (χ0v) is 11.2. The van der Waals surface area contributed by atoms with Gasteiger partial charge in [0.15, 0.2) is 0 Å². The van der Waals surface area contributed by atoms with E-state index in [1.807, 2.05) is 12.1 Å². The van der Waals surface area contributed by atoms with E-state index >= 15 is 0 Å². The van der Waals surface area contributed by atoms with Gasteiger partial charge in [0.05, 0.1) is 23.3 Å². The summed E-state index contributed by atoms with van der Waals surface area (Å²) in [7, 11) is 0. The van der Waals surface area contributed by atoms with Crippen LogP contribution in [0.3, 0.4) is 0 Å². The lowest BCUT2D eigenvalue weighted by atomic mass is 10.2. The second-order valence-electron chi connectivity index (χ2n) is 3.60. The van der Waals surface area contributed by atoms with E-state index in [1.54, 1.807) is 24.3 Å². The monoisotopic (exact) mass is 300 g/mol. The third kappa shape index (κ3) is 9.25. The molecule has 0 aromatic heterocycles. The third-order valence-electron chi connectivity index (χ3n) is 1.99. The Morgan fingerprint density at radius 2 is 0.955 bits per heavy atom. The number of rotatable bonds is 0. The molecule has 0 radical (unpaired) electrons. The highest BCUT2D eigenvalue weighted by molar-refractivity contribution is 5.53. The van der Waals surface area contributed by atoms with Gasteiger partial charge in [-0.2, -0.15) is 10.5 Å². The Labute approximate surface area is 126 Å². The Balaban J connectivity index is 0.000000326. The molecule has 0 unspecified atom stereocenters. The van der Waals surface area contributed by atoms with Crippen LogP contribution in [0, 0.1) is 22.7 Å². The first kappa shape index (κ1) is 18.3. The second kappa shape index (κ2) is 10.1. The van der Waals surface area contributed by atoms with Gasteiger partial charge < -0.3 is 20.4 Å². The zero-order chi connectivity index (χ0) is 17.0. The highest BCUT2D eigenvalue weighted by atomic mass is 16.6. The van der Waals surface area contributed by atoms with Crippen molar-refractivity contribution in [2.75, 3.05) is 0 Å². The molecule has 0 atom stereocenters. The molecule has 0 aliphatic carbocycles. The first-order chi connectivity index (χ1) is 10.4. The smallest absolute Gasteiger partial charge is 0.503 e. The van der Waals surface area contributed by atoms with E-state index in [0.29, 0.717) is 11.1 Å². The Bertz CT molecular complexity index is 608. The average Bonchev–Trinajstić information content (AvgIpc) is 2.49. The van der Waals surface area contributed by atoms with Crippen LogP contribution in [0.4, 0.5) is 4.79 Å². The van der Waals surface area contributed by atoms with Crippen LogP contribution < -0.4 is 0 Å². The van der Waals surface area contributed by atoms with Gasteiger partial charge in [0.1, 0.15) is 11.5 Å². The molecule has 7 heteroatoms. The van der Waals surface area contributed by atoms with Gasteiger partial charge in [0.2, 0.25) is 0 Å². The summed E-state index contributed by atoms with van der Waals surface area (Å²) in [6.45, 7) is 0. The van der Waals surface area contributed by atoms with Crippen LogP contribution in [0.15, 0.2) is 48.5 Å². The van der Waals surface area contributed by atoms with Gasteiger partial charge in [-0.1, -0.05) is 0 Å². The van der Waals surface area contributed by atoms with Crippen LogP contribution in [0.25, 0.3) is 0 Å². The van der Waals surface area contributed by atoms with Crippen LogP contribution in [0.1, 0.15) is 11.1 Å². The Hall–Kier alpha value is -3.71. The van der Waals surface area contributed by atoms with Crippen molar-refractivity contribution in [2.24, 2.45) is 0 Å². The first-order valence-corrected chi connectivity index (χ1v) is 5.69. The van der Waals surface area contributed by atoms with Gasteiger partial charge in [-0.3, -0.25) is 0 Å². The molecule has 4 N–H and O–H groups in total. The summed E-state index contributed by atoms with van der Waals surface area (Å²) in [5.41, 5.74) is 1.13. The summed E-state index contributed by atoms with van der Waals surface area (Å²) in [4.78, 5) is 8.56. The fourth-order valence-electron chi connectivity index (χ4n) is 1.07. The van der Waals surface area contributed by atoms with Crippen molar-refractivity contribution < 1.29 is 25.2 Å². The third-order valence-corrected chi connectivity index (χ3v) is 1.99. The molecule has 0 bridgehead atoms. The van der Waals surface area contributed by atoms with Crippen LogP contribution >= 0.6 is 0 Å². The molecule has 0 amide bonds. The minimum absolute atomic E-state index is 0.189. The average molecular weight is 300 g/mol. The van der Waals surface area contributed by atoms with Crippen molar-refractivity contribution in [3.05, 3.63) is 59.7 Å². The fourth-order valence-corrected chi connectivity index (χ4v) is 1.07. The molecular formula is C15H12N2O5. The van der Waals surface area contributed by atoms with Crippen LogP contribution in [0.2, 0.25) is 0 Å². The van der Waals surface area contributed by atoms with E-state index in [1.165, 1.54) is 24.3 Å². The van der Waals surface area contributed by atoms with E-state index < -0.39 is 6.16 Å². The number of aromatic hydroxyl groups is 2. The number of hydrogen-bond donors (Lipinski definition) is 4. The topological polar surface area (TPSA) is 146 Å². The van der Waals surface area contributed by atoms with Crippen molar-refractivity contribution in [3.8, 4) is 23.6 Å². The van der Waals surface area contributed by atoms with E-state index in [9.17, 15) is 0 Å². The summed E-state index contributed by atoms with van der Waals surface area (Å²) in [5.74, 6) is 0.378. The van der Waals surface area contributed by atoms with Gasteiger partial charge in [0.25, 0.3) is 0 Å².